The minimum absolute atomic E-state index is 0.182. The Morgan fingerprint density at radius 3 is 2.46 bits per heavy atom. The molecule has 5 nitrogen and oxygen atoms in total. The van der Waals surface area contributed by atoms with Crippen LogP contribution in [0.3, 0.4) is 0 Å². The minimum atomic E-state index is -0.182. The highest BCUT2D eigenvalue weighted by Crippen LogP contribution is 2.33. The van der Waals surface area contributed by atoms with Crippen molar-refractivity contribution >= 4 is 61.7 Å². The van der Waals surface area contributed by atoms with Crippen LogP contribution < -0.4 is 15.0 Å². The second-order valence-corrected chi connectivity index (χ2v) is 9.57. The number of aromatic nitrogens is 1. The number of aryl methyl sites for hydroxylation is 1. The fourth-order valence-electron chi connectivity index (χ4n) is 4.53. The van der Waals surface area contributed by atoms with Crippen LogP contribution in [0.1, 0.15) is 23.9 Å². The van der Waals surface area contributed by atoms with Gasteiger partial charge in [-0.1, -0.05) is 40.2 Å². The van der Waals surface area contributed by atoms with Crippen molar-refractivity contribution < 1.29 is 9.53 Å². The molecule has 5 rings (SSSR count). The Bertz CT molecular complexity index is 1500. The fraction of sp³-hybridized carbons (Fsp3) is 0.143. The van der Waals surface area contributed by atoms with Crippen LogP contribution in [-0.4, -0.2) is 22.2 Å². The molecule has 4 aromatic rings. The number of carbonyl (C=O) groups excluding carboxylic acids is 1. The van der Waals surface area contributed by atoms with Gasteiger partial charge in [-0.05, 0) is 92.5 Å². The zero-order chi connectivity index (χ0) is 24.7. The van der Waals surface area contributed by atoms with Gasteiger partial charge in [-0.3, -0.25) is 9.69 Å². The number of hydrogen-bond acceptors (Lipinski definition) is 3. The summed E-state index contributed by atoms with van der Waals surface area (Å²) < 4.78 is 8.79. The van der Waals surface area contributed by atoms with Gasteiger partial charge in [0.2, 0.25) is 0 Å². The maximum Gasteiger partial charge on any atom is 0.281 e. The maximum absolute atomic E-state index is 13.3. The molecular formula is C28H24BrN3O2S. The van der Waals surface area contributed by atoms with Crippen LogP contribution in [0, 0.1) is 13.8 Å². The standard InChI is InChI=1S/C28H24BrN3O2S/c1-4-34-21-11-9-20(10-12-21)32-27(33)25(30-28(32)35)16-19-15-17(2)31(18(19)3)26-14-13-24(29)22-7-5-6-8-23(22)26/h5-16H,4H2,1-3H3,(H,30,35)/b25-16-. The number of halogens is 1. The molecule has 2 heterocycles. The molecule has 0 spiro atoms. The highest BCUT2D eigenvalue weighted by atomic mass is 79.9. The third-order valence-electron chi connectivity index (χ3n) is 6.14. The second kappa shape index (κ2) is 9.32. The Labute approximate surface area is 218 Å². The Kier molecular flexibility index (Phi) is 6.21. The monoisotopic (exact) mass is 545 g/mol. The average molecular weight is 546 g/mol. The van der Waals surface area contributed by atoms with Crippen LogP contribution >= 0.6 is 28.1 Å². The lowest BCUT2D eigenvalue weighted by Crippen LogP contribution is -2.30. The largest absolute Gasteiger partial charge is 0.494 e. The smallest absolute Gasteiger partial charge is 0.281 e. The van der Waals surface area contributed by atoms with Gasteiger partial charge < -0.3 is 14.6 Å². The lowest BCUT2D eigenvalue weighted by Gasteiger charge is -2.14. The van der Waals surface area contributed by atoms with E-state index >= 15 is 0 Å². The van der Waals surface area contributed by atoms with Gasteiger partial charge in [0.25, 0.3) is 5.91 Å². The third-order valence-corrected chi connectivity index (χ3v) is 7.12. The van der Waals surface area contributed by atoms with Crippen molar-refractivity contribution in [2.45, 2.75) is 20.8 Å². The van der Waals surface area contributed by atoms with E-state index in [2.05, 4.69) is 70.0 Å². The van der Waals surface area contributed by atoms with Gasteiger partial charge in [-0.15, -0.1) is 0 Å². The summed E-state index contributed by atoms with van der Waals surface area (Å²) in [5.41, 5.74) is 5.33. The van der Waals surface area contributed by atoms with E-state index in [1.807, 2.05) is 49.4 Å². The molecule has 0 unspecified atom stereocenters. The molecular weight excluding hydrogens is 522 g/mol. The molecule has 1 N–H and O–H groups in total. The minimum Gasteiger partial charge on any atom is -0.494 e. The van der Waals surface area contributed by atoms with Crippen molar-refractivity contribution in [2.75, 3.05) is 11.5 Å². The van der Waals surface area contributed by atoms with Crippen molar-refractivity contribution in [3.05, 3.63) is 93.9 Å². The molecule has 0 saturated carbocycles. The van der Waals surface area contributed by atoms with Crippen molar-refractivity contribution in [3.63, 3.8) is 0 Å². The van der Waals surface area contributed by atoms with Gasteiger partial charge in [-0.2, -0.15) is 0 Å². The molecule has 0 bridgehead atoms. The second-order valence-electron chi connectivity index (χ2n) is 8.33. The first-order valence-corrected chi connectivity index (χ1v) is 12.6. The number of nitrogens with one attached hydrogen (secondary N) is 1. The number of carbonyl (C=O) groups is 1. The van der Waals surface area contributed by atoms with Gasteiger partial charge >= 0.3 is 0 Å². The van der Waals surface area contributed by atoms with E-state index in [0.29, 0.717) is 23.1 Å². The molecule has 0 radical (unpaired) electrons. The first-order valence-electron chi connectivity index (χ1n) is 11.4. The maximum atomic E-state index is 13.3. The zero-order valence-electron chi connectivity index (χ0n) is 19.6. The quantitative estimate of drug-likeness (QED) is 0.224. The van der Waals surface area contributed by atoms with E-state index in [4.69, 9.17) is 17.0 Å². The summed E-state index contributed by atoms with van der Waals surface area (Å²) in [6.07, 6.45) is 1.88. The van der Waals surface area contributed by atoms with Crippen LogP contribution in [0.2, 0.25) is 0 Å². The summed E-state index contributed by atoms with van der Waals surface area (Å²) in [6.45, 7) is 6.66. The third kappa shape index (κ3) is 4.15. The summed E-state index contributed by atoms with van der Waals surface area (Å²) in [7, 11) is 0. The van der Waals surface area contributed by atoms with Crippen LogP contribution in [0.5, 0.6) is 5.75 Å². The Morgan fingerprint density at radius 2 is 1.74 bits per heavy atom. The summed E-state index contributed by atoms with van der Waals surface area (Å²) >= 11 is 9.16. The van der Waals surface area contributed by atoms with Crippen molar-refractivity contribution in [3.8, 4) is 11.4 Å². The van der Waals surface area contributed by atoms with Crippen LogP contribution in [0.25, 0.3) is 22.5 Å². The van der Waals surface area contributed by atoms with Crippen molar-refractivity contribution in [2.24, 2.45) is 0 Å². The van der Waals surface area contributed by atoms with Gasteiger partial charge in [-0.25, -0.2) is 0 Å². The van der Waals surface area contributed by atoms with Crippen molar-refractivity contribution in [1.29, 1.82) is 0 Å². The van der Waals surface area contributed by atoms with Crippen LogP contribution in [0.4, 0.5) is 5.69 Å². The van der Waals surface area contributed by atoms with E-state index in [9.17, 15) is 4.79 Å². The average Bonchev–Trinajstić information content (AvgIpc) is 3.29. The molecule has 1 fully saturated rings. The van der Waals surface area contributed by atoms with E-state index in [-0.39, 0.29) is 5.91 Å². The molecule has 35 heavy (non-hydrogen) atoms. The summed E-state index contributed by atoms with van der Waals surface area (Å²) in [4.78, 5) is 14.8. The van der Waals surface area contributed by atoms with E-state index in [1.165, 1.54) is 4.90 Å². The van der Waals surface area contributed by atoms with Crippen molar-refractivity contribution in [1.82, 2.24) is 9.88 Å². The number of hydrogen-bond donors (Lipinski definition) is 1. The first kappa shape index (κ1) is 23.3. The topological polar surface area (TPSA) is 46.5 Å². The highest BCUT2D eigenvalue weighted by molar-refractivity contribution is 9.10. The highest BCUT2D eigenvalue weighted by Gasteiger charge is 2.32. The normalized spacial score (nSPS) is 14.7. The molecule has 7 heteroatoms. The number of anilines is 1. The van der Waals surface area contributed by atoms with Crippen LogP contribution in [0.15, 0.2) is 76.9 Å². The van der Waals surface area contributed by atoms with Gasteiger partial charge in [0.05, 0.1) is 18.0 Å². The van der Waals surface area contributed by atoms with Gasteiger partial charge in [0.15, 0.2) is 5.11 Å². The number of nitrogens with zero attached hydrogens (tertiary/aromatic N) is 2. The lowest BCUT2D eigenvalue weighted by atomic mass is 10.1. The lowest BCUT2D eigenvalue weighted by molar-refractivity contribution is -0.113. The molecule has 176 valence electrons. The molecule has 1 aliphatic heterocycles. The number of fused-ring (bicyclic) bond motifs is 1. The van der Waals surface area contributed by atoms with Gasteiger partial charge in [0.1, 0.15) is 11.4 Å². The Morgan fingerprint density at radius 1 is 1.03 bits per heavy atom. The number of thiocarbonyl (C=S) groups is 1. The molecule has 1 saturated heterocycles. The predicted octanol–water partition coefficient (Wildman–Crippen LogP) is 6.67. The summed E-state index contributed by atoms with van der Waals surface area (Å²) in [5, 5.41) is 5.76. The molecule has 1 aromatic heterocycles. The van der Waals surface area contributed by atoms with E-state index in [1.54, 1.807) is 0 Å². The number of rotatable bonds is 5. The Hall–Kier alpha value is -3.42. The van der Waals surface area contributed by atoms with E-state index in [0.717, 1.165) is 43.6 Å². The van der Waals surface area contributed by atoms with E-state index < -0.39 is 0 Å². The number of ether oxygens (including phenoxy) is 1. The predicted molar refractivity (Wildman–Crippen MR) is 149 cm³/mol. The van der Waals surface area contributed by atoms with Crippen LogP contribution in [-0.2, 0) is 4.79 Å². The molecule has 3 aromatic carbocycles. The Balaban J connectivity index is 1.51. The molecule has 1 aliphatic rings. The first-order chi connectivity index (χ1) is 16.9. The molecule has 0 atom stereocenters. The fourth-order valence-corrected chi connectivity index (χ4v) is 5.31. The molecule has 1 amide bonds. The SMILES string of the molecule is CCOc1ccc(N2C(=O)/C(=C/c3cc(C)n(-c4ccc(Br)c5ccccc45)c3C)NC2=S)cc1. The molecule has 0 aliphatic carbocycles. The van der Waals surface area contributed by atoms with Gasteiger partial charge in [0, 0.05) is 21.2 Å². The number of amides is 1. The zero-order valence-corrected chi connectivity index (χ0v) is 22.0. The summed E-state index contributed by atoms with van der Waals surface area (Å²) in [5.74, 6) is 0.573. The number of benzene rings is 3. The summed E-state index contributed by atoms with van der Waals surface area (Å²) in [6, 6.07) is 22.0.